The van der Waals surface area contributed by atoms with E-state index >= 15 is 0 Å². The van der Waals surface area contributed by atoms with Crippen molar-refractivity contribution in [3.05, 3.63) is 14.5 Å². The standard InChI is InChI=1S/C10H15NO3S2/c1-6(5-13-3)14-9(12)4-8-7(2)11-10(15)16-8/h6H,4-5H2,1-3H3,(H,11,15). The molecule has 90 valence electrons. The summed E-state index contributed by atoms with van der Waals surface area (Å²) in [5.74, 6) is -0.252. The van der Waals surface area contributed by atoms with E-state index in [2.05, 4.69) is 4.98 Å². The summed E-state index contributed by atoms with van der Waals surface area (Å²) in [7, 11) is 1.58. The second kappa shape index (κ2) is 6.12. The number of ether oxygens (including phenoxy) is 2. The van der Waals surface area contributed by atoms with E-state index in [1.807, 2.05) is 6.92 Å². The molecule has 0 amide bonds. The van der Waals surface area contributed by atoms with Crippen molar-refractivity contribution >= 4 is 29.5 Å². The zero-order valence-electron chi connectivity index (χ0n) is 9.53. The number of H-pyrrole nitrogens is 1. The first kappa shape index (κ1) is 13.3. The van der Waals surface area contributed by atoms with Gasteiger partial charge in [0.15, 0.2) is 3.95 Å². The average molecular weight is 261 g/mol. The molecule has 1 N–H and O–H groups in total. The summed E-state index contributed by atoms with van der Waals surface area (Å²) < 4.78 is 10.7. The second-order valence-electron chi connectivity index (χ2n) is 3.50. The maximum Gasteiger partial charge on any atom is 0.311 e. The van der Waals surface area contributed by atoms with Crippen molar-refractivity contribution in [3.8, 4) is 0 Å². The zero-order valence-corrected chi connectivity index (χ0v) is 11.2. The molecule has 1 unspecified atom stereocenters. The van der Waals surface area contributed by atoms with Crippen LogP contribution in [0.2, 0.25) is 0 Å². The number of esters is 1. The Morgan fingerprint density at radius 3 is 2.81 bits per heavy atom. The van der Waals surface area contributed by atoms with Crippen molar-refractivity contribution in [3.63, 3.8) is 0 Å². The molecule has 0 fully saturated rings. The Balaban J connectivity index is 2.51. The Bertz CT molecular complexity index is 410. The zero-order chi connectivity index (χ0) is 12.1. The van der Waals surface area contributed by atoms with Crippen LogP contribution >= 0.6 is 23.6 Å². The number of rotatable bonds is 5. The van der Waals surface area contributed by atoms with Crippen LogP contribution in [0.4, 0.5) is 0 Å². The number of methoxy groups -OCH3 is 1. The highest BCUT2D eigenvalue weighted by molar-refractivity contribution is 7.73. The summed E-state index contributed by atoms with van der Waals surface area (Å²) in [4.78, 5) is 15.5. The molecule has 6 heteroatoms. The number of nitrogens with one attached hydrogen (secondary N) is 1. The fourth-order valence-electron chi connectivity index (χ4n) is 1.27. The Morgan fingerprint density at radius 2 is 2.31 bits per heavy atom. The monoisotopic (exact) mass is 261 g/mol. The van der Waals surface area contributed by atoms with Gasteiger partial charge in [0.2, 0.25) is 0 Å². The molecule has 0 radical (unpaired) electrons. The van der Waals surface area contributed by atoms with E-state index < -0.39 is 0 Å². The number of hydrogen-bond donors (Lipinski definition) is 1. The molecule has 0 aromatic carbocycles. The van der Waals surface area contributed by atoms with Crippen LogP contribution in [0.25, 0.3) is 0 Å². The van der Waals surface area contributed by atoms with Crippen molar-refractivity contribution in [2.24, 2.45) is 0 Å². The summed E-state index contributed by atoms with van der Waals surface area (Å²) in [5.41, 5.74) is 0.936. The summed E-state index contributed by atoms with van der Waals surface area (Å²) in [6, 6.07) is 0. The lowest BCUT2D eigenvalue weighted by Gasteiger charge is -2.11. The van der Waals surface area contributed by atoms with Gasteiger partial charge in [0.1, 0.15) is 6.10 Å². The van der Waals surface area contributed by atoms with E-state index in [-0.39, 0.29) is 18.5 Å². The van der Waals surface area contributed by atoms with Crippen LogP contribution in [0.5, 0.6) is 0 Å². The molecular weight excluding hydrogens is 246 g/mol. The molecule has 0 aliphatic carbocycles. The quantitative estimate of drug-likeness (QED) is 0.652. The summed E-state index contributed by atoms with van der Waals surface area (Å²) >= 11 is 6.40. The van der Waals surface area contributed by atoms with Crippen molar-refractivity contribution < 1.29 is 14.3 Å². The molecule has 1 aromatic heterocycles. The van der Waals surface area contributed by atoms with Crippen molar-refractivity contribution in [2.75, 3.05) is 13.7 Å². The van der Waals surface area contributed by atoms with Crippen LogP contribution in [-0.2, 0) is 20.7 Å². The Labute approximate surface area is 104 Å². The lowest BCUT2D eigenvalue weighted by molar-refractivity contribution is -0.149. The largest absolute Gasteiger partial charge is 0.460 e. The van der Waals surface area contributed by atoms with Gasteiger partial charge in [-0.15, -0.1) is 11.3 Å². The summed E-state index contributed by atoms with van der Waals surface area (Å²) in [6.07, 6.45) is 0.0437. The number of carbonyl (C=O) groups excluding carboxylic acids is 1. The van der Waals surface area contributed by atoms with Crippen LogP contribution in [-0.4, -0.2) is 30.8 Å². The smallest absolute Gasteiger partial charge is 0.311 e. The minimum Gasteiger partial charge on any atom is -0.460 e. The SMILES string of the molecule is COCC(C)OC(=O)Cc1sc(=S)[nH]c1C. The number of aryl methyl sites for hydroxylation is 1. The topological polar surface area (TPSA) is 51.3 Å². The van der Waals surface area contributed by atoms with Gasteiger partial charge in [-0.2, -0.15) is 0 Å². The average Bonchev–Trinajstić information content (AvgIpc) is 2.44. The van der Waals surface area contributed by atoms with E-state index in [1.54, 1.807) is 14.0 Å². The fourth-order valence-corrected chi connectivity index (χ4v) is 2.55. The van der Waals surface area contributed by atoms with E-state index in [9.17, 15) is 4.79 Å². The maximum atomic E-state index is 11.5. The minimum absolute atomic E-state index is 0.218. The first-order valence-corrected chi connectivity index (χ1v) is 6.12. The minimum atomic E-state index is -0.252. The predicted molar refractivity (Wildman–Crippen MR) is 65.4 cm³/mol. The van der Waals surface area contributed by atoms with E-state index in [0.717, 1.165) is 10.6 Å². The van der Waals surface area contributed by atoms with Crippen molar-refractivity contribution in [2.45, 2.75) is 26.4 Å². The third kappa shape index (κ3) is 4.03. The second-order valence-corrected chi connectivity index (χ2v) is 5.27. The first-order valence-electron chi connectivity index (χ1n) is 4.90. The number of aromatic amines is 1. The molecule has 1 aromatic rings. The molecule has 0 aliphatic rings. The Hall–Kier alpha value is -0.720. The molecule has 1 rings (SSSR count). The van der Waals surface area contributed by atoms with Gasteiger partial charge < -0.3 is 14.5 Å². The third-order valence-electron chi connectivity index (χ3n) is 1.96. The van der Waals surface area contributed by atoms with Gasteiger partial charge >= 0.3 is 5.97 Å². The van der Waals surface area contributed by atoms with Gasteiger partial charge in [-0.25, -0.2) is 0 Å². The lowest BCUT2D eigenvalue weighted by atomic mass is 10.3. The Morgan fingerprint density at radius 1 is 1.62 bits per heavy atom. The summed E-state index contributed by atoms with van der Waals surface area (Å²) in [5, 5.41) is 0. The molecule has 0 saturated heterocycles. The molecule has 16 heavy (non-hydrogen) atoms. The van der Waals surface area contributed by atoms with Crippen LogP contribution < -0.4 is 0 Å². The van der Waals surface area contributed by atoms with E-state index in [1.165, 1.54) is 11.3 Å². The van der Waals surface area contributed by atoms with E-state index in [0.29, 0.717) is 10.6 Å². The number of hydrogen-bond acceptors (Lipinski definition) is 5. The van der Waals surface area contributed by atoms with Crippen LogP contribution in [0.15, 0.2) is 0 Å². The molecule has 1 heterocycles. The Kier molecular flexibility index (Phi) is 5.11. The first-order chi connectivity index (χ1) is 7.52. The number of aromatic nitrogens is 1. The molecule has 4 nitrogen and oxygen atoms in total. The molecule has 0 bridgehead atoms. The van der Waals surface area contributed by atoms with Crippen LogP contribution in [0, 0.1) is 10.9 Å². The summed E-state index contributed by atoms with van der Waals surface area (Å²) in [6.45, 7) is 4.11. The fraction of sp³-hybridized carbons (Fsp3) is 0.600. The van der Waals surface area contributed by atoms with Crippen LogP contribution in [0.1, 0.15) is 17.5 Å². The van der Waals surface area contributed by atoms with E-state index in [4.69, 9.17) is 21.7 Å². The number of thiazole rings is 1. The molecule has 1 atom stereocenters. The highest BCUT2D eigenvalue weighted by Gasteiger charge is 2.12. The van der Waals surface area contributed by atoms with Crippen molar-refractivity contribution in [1.82, 2.24) is 4.98 Å². The molecule has 0 spiro atoms. The van der Waals surface area contributed by atoms with Gasteiger partial charge in [-0.1, -0.05) is 0 Å². The maximum absolute atomic E-state index is 11.5. The van der Waals surface area contributed by atoms with Crippen LogP contribution in [0.3, 0.4) is 0 Å². The predicted octanol–water partition coefficient (Wildman–Crippen LogP) is 2.23. The normalized spacial score (nSPS) is 12.4. The van der Waals surface area contributed by atoms with Gasteiger partial charge in [0.25, 0.3) is 0 Å². The van der Waals surface area contributed by atoms with Gasteiger partial charge in [0.05, 0.1) is 13.0 Å². The van der Waals surface area contributed by atoms with Crippen molar-refractivity contribution in [1.29, 1.82) is 0 Å². The molecule has 0 saturated carbocycles. The third-order valence-corrected chi connectivity index (χ3v) is 3.30. The lowest BCUT2D eigenvalue weighted by Crippen LogP contribution is -2.20. The highest BCUT2D eigenvalue weighted by atomic mass is 32.1. The van der Waals surface area contributed by atoms with Gasteiger partial charge in [0, 0.05) is 17.7 Å². The van der Waals surface area contributed by atoms with Gasteiger partial charge in [-0.3, -0.25) is 4.79 Å². The molecule has 0 aliphatic heterocycles. The highest BCUT2D eigenvalue weighted by Crippen LogP contribution is 2.15. The van der Waals surface area contributed by atoms with Gasteiger partial charge in [-0.05, 0) is 26.1 Å². The number of carbonyl (C=O) groups is 1. The molecular formula is C10H15NO3S2.